The minimum absolute atomic E-state index is 0.157. The lowest BCUT2D eigenvalue weighted by atomic mass is 10.0. The zero-order valence-electron chi connectivity index (χ0n) is 15.6. The van der Waals surface area contributed by atoms with Crippen LogP contribution in [0.3, 0.4) is 0 Å². The van der Waals surface area contributed by atoms with Crippen LogP contribution in [0.4, 0.5) is 10.2 Å². The van der Waals surface area contributed by atoms with E-state index in [-0.39, 0.29) is 11.9 Å². The number of carbonyl (C=O) groups is 1. The number of amides is 1. The molecule has 0 spiro atoms. The largest absolute Gasteiger partial charge is 0.357 e. The van der Waals surface area contributed by atoms with Crippen molar-refractivity contribution in [1.29, 1.82) is 0 Å². The summed E-state index contributed by atoms with van der Waals surface area (Å²) in [5.74, 6) is -0.398. The summed E-state index contributed by atoms with van der Waals surface area (Å²) in [7, 11) is -1.72. The van der Waals surface area contributed by atoms with Crippen LogP contribution in [0.25, 0.3) is 17.2 Å². The molecule has 0 aliphatic heterocycles. The molecule has 1 amide bonds. The normalized spacial score (nSPS) is 11.8. The van der Waals surface area contributed by atoms with Crippen molar-refractivity contribution in [2.75, 3.05) is 18.2 Å². The molecule has 0 radical (unpaired) electrons. The molecule has 0 fully saturated rings. The third kappa shape index (κ3) is 5.89. The van der Waals surface area contributed by atoms with Gasteiger partial charge in [-0.2, -0.15) is 0 Å². The van der Waals surface area contributed by atoms with E-state index in [1.807, 2.05) is 36.6 Å². The molecule has 1 N–H and O–H groups in total. The molecule has 2 aromatic rings. The first kappa shape index (κ1) is 20.6. The second-order valence-corrected chi connectivity index (χ2v) is 8.14. The number of halogens is 1. The van der Waals surface area contributed by atoms with E-state index in [0.717, 1.165) is 23.5 Å². The molecule has 2 rings (SSSR count). The lowest BCUT2D eigenvalue weighted by Crippen LogP contribution is -2.27. The topological polar surface area (TPSA) is 79.4 Å². The minimum atomic E-state index is -3.62. The number of carbonyl (C=O) groups excluding carboxylic acids is 1. The van der Waals surface area contributed by atoms with Crippen LogP contribution in [0.15, 0.2) is 42.5 Å². The van der Waals surface area contributed by atoms with E-state index in [9.17, 15) is 17.6 Å². The van der Waals surface area contributed by atoms with E-state index in [1.165, 1.54) is 18.2 Å². The number of sulfonamides is 1. The fraction of sp³-hybridized carbons (Fsp3) is 0.263. The van der Waals surface area contributed by atoms with Gasteiger partial charge in [0, 0.05) is 24.7 Å². The highest BCUT2D eigenvalue weighted by Crippen LogP contribution is 2.30. The maximum Gasteiger partial charge on any atom is 0.257 e. The molecule has 0 aliphatic carbocycles. The Morgan fingerprint density at radius 2 is 1.81 bits per heavy atom. The fourth-order valence-electron chi connectivity index (χ4n) is 2.30. The van der Waals surface area contributed by atoms with E-state index in [0.29, 0.717) is 11.5 Å². The summed E-state index contributed by atoms with van der Waals surface area (Å²) in [6.07, 6.45) is 3.46. The first-order valence-corrected chi connectivity index (χ1v) is 10.2. The summed E-state index contributed by atoms with van der Waals surface area (Å²) >= 11 is 0. The second-order valence-electron chi connectivity index (χ2n) is 6.39. The molecule has 0 aliphatic rings. The first-order valence-electron chi connectivity index (χ1n) is 8.26. The average molecular weight is 391 g/mol. The van der Waals surface area contributed by atoms with Gasteiger partial charge in [0.05, 0.1) is 11.9 Å². The summed E-state index contributed by atoms with van der Waals surface area (Å²) in [6, 6.07) is 9.83. The number of pyridine rings is 1. The van der Waals surface area contributed by atoms with Crippen molar-refractivity contribution >= 4 is 27.8 Å². The van der Waals surface area contributed by atoms with Gasteiger partial charge in [0.15, 0.2) is 0 Å². The van der Waals surface area contributed by atoms with Gasteiger partial charge < -0.3 is 4.90 Å². The molecule has 0 unspecified atom stereocenters. The Labute approximate surface area is 158 Å². The number of nitrogens with zero attached hydrogens (tertiary/aromatic N) is 2. The van der Waals surface area contributed by atoms with Crippen molar-refractivity contribution in [2.24, 2.45) is 0 Å². The van der Waals surface area contributed by atoms with E-state index in [2.05, 4.69) is 4.98 Å². The Bertz CT molecular complexity index is 955. The van der Waals surface area contributed by atoms with E-state index >= 15 is 0 Å². The SMILES string of the molecule is CC(C)N(C)c1nc(/C=C/C(=O)NS(C)(=O)=O)ccc1-c1ccc(F)cc1. The van der Waals surface area contributed by atoms with Gasteiger partial charge in [0.2, 0.25) is 10.0 Å². The Balaban J connectivity index is 2.41. The van der Waals surface area contributed by atoms with Crippen molar-refractivity contribution < 1.29 is 17.6 Å². The Hall–Kier alpha value is -2.74. The number of anilines is 1. The summed E-state index contributed by atoms with van der Waals surface area (Å²) in [6.45, 7) is 4.02. The zero-order valence-corrected chi connectivity index (χ0v) is 16.4. The van der Waals surface area contributed by atoms with Gasteiger partial charge in [0.25, 0.3) is 5.91 Å². The van der Waals surface area contributed by atoms with Crippen LogP contribution in [0.5, 0.6) is 0 Å². The molecule has 144 valence electrons. The van der Waals surface area contributed by atoms with Crippen LogP contribution in [-0.4, -0.2) is 38.7 Å². The average Bonchev–Trinajstić information content (AvgIpc) is 2.58. The summed E-state index contributed by atoms with van der Waals surface area (Å²) < 4.78 is 37.3. The Kier molecular flexibility index (Phi) is 6.32. The predicted molar refractivity (Wildman–Crippen MR) is 105 cm³/mol. The van der Waals surface area contributed by atoms with E-state index < -0.39 is 15.9 Å². The standard InChI is InChI=1S/C19H22FN3O3S/c1-13(2)23(3)19-17(14-5-7-15(20)8-6-14)11-9-16(21-19)10-12-18(24)22-27(4,25)26/h5-13H,1-4H3,(H,22,24)/b12-10+. The van der Waals surface area contributed by atoms with Crippen LogP contribution in [-0.2, 0) is 14.8 Å². The quantitative estimate of drug-likeness (QED) is 0.766. The number of rotatable bonds is 6. The number of hydrogen-bond donors (Lipinski definition) is 1. The zero-order chi connectivity index (χ0) is 20.2. The molecule has 1 heterocycles. The fourth-order valence-corrected chi connectivity index (χ4v) is 2.74. The van der Waals surface area contributed by atoms with Crippen LogP contribution in [0.1, 0.15) is 19.5 Å². The summed E-state index contributed by atoms with van der Waals surface area (Å²) in [5, 5.41) is 0. The van der Waals surface area contributed by atoms with Gasteiger partial charge in [-0.15, -0.1) is 0 Å². The molecule has 0 saturated heterocycles. The number of hydrogen-bond acceptors (Lipinski definition) is 5. The highest BCUT2D eigenvalue weighted by atomic mass is 32.2. The highest BCUT2D eigenvalue weighted by Gasteiger charge is 2.14. The predicted octanol–water partition coefficient (Wildman–Crippen LogP) is 2.82. The lowest BCUT2D eigenvalue weighted by Gasteiger charge is -2.25. The van der Waals surface area contributed by atoms with Crippen molar-refractivity contribution in [3.63, 3.8) is 0 Å². The van der Waals surface area contributed by atoms with E-state index in [4.69, 9.17) is 0 Å². The summed E-state index contributed by atoms with van der Waals surface area (Å²) in [5.41, 5.74) is 2.13. The molecule has 0 bridgehead atoms. The van der Waals surface area contributed by atoms with Crippen LogP contribution in [0, 0.1) is 5.82 Å². The molecule has 0 saturated carbocycles. The molecule has 6 nitrogen and oxygen atoms in total. The minimum Gasteiger partial charge on any atom is -0.357 e. The number of benzene rings is 1. The molecular formula is C19H22FN3O3S. The smallest absolute Gasteiger partial charge is 0.257 e. The van der Waals surface area contributed by atoms with Gasteiger partial charge in [-0.3, -0.25) is 4.79 Å². The monoisotopic (exact) mass is 391 g/mol. The second kappa shape index (κ2) is 8.30. The van der Waals surface area contributed by atoms with Crippen molar-refractivity contribution in [2.45, 2.75) is 19.9 Å². The number of nitrogens with one attached hydrogen (secondary N) is 1. The van der Waals surface area contributed by atoms with Gasteiger partial charge in [-0.25, -0.2) is 22.5 Å². The Morgan fingerprint density at radius 3 is 2.37 bits per heavy atom. The number of aromatic nitrogens is 1. The lowest BCUT2D eigenvalue weighted by molar-refractivity contribution is -0.114. The van der Waals surface area contributed by atoms with Gasteiger partial charge in [-0.1, -0.05) is 12.1 Å². The van der Waals surface area contributed by atoms with Crippen molar-refractivity contribution in [3.8, 4) is 11.1 Å². The maximum atomic E-state index is 13.2. The first-order chi connectivity index (χ1) is 12.6. The maximum absolute atomic E-state index is 13.2. The Morgan fingerprint density at radius 1 is 1.19 bits per heavy atom. The van der Waals surface area contributed by atoms with Gasteiger partial charge in [-0.05, 0) is 49.8 Å². The molecule has 1 aromatic heterocycles. The third-order valence-corrected chi connectivity index (χ3v) is 4.42. The molecule has 1 aromatic carbocycles. The molecule has 27 heavy (non-hydrogen) atoms. The van der Waals surface area contributed by atoms with E-state index in [1.54, 1.807) is 18.2 Å². The van der Waals surface area contributed by atoms with Crippen molar-refractivity contribution in [3.05, 3.63) is 54.0 Å². The summed E-state index contributed by atoms with van der Waals surface area (Å²) in [4.78, 5) is 18.2. The van der Waals surface area contributed by atoms with Gasteiger partial charge >= 0.3 is 0 Å². The van der Waals surface area contributed by atoms with Gasteiger partial charge in [0.1, 0.15) is 11.6 Å². The molecule has 0 atom stereocenters. The van der Waals surface area contributed by atoms with Crippen molar-refractivity contribution in [1.82, 2.24) is 9.71 Å². The van der Waals surface area contributed by atoms with Crippen LogP contribution < -0.4 is 9.62 Å². The highest BCUT2D eigenvalue weighted by molar-refractivity contribution is 7.89. The van der Waals surface area contributed by atoms with Crippen LogP contribution in [0.2, 0.25) is 0 Å². The molecular weight excluding hydrogens is 369 g/mol. The third-order valence-electron chi connectivity index (χ3n) is 3.85. The van der Waals surface area contributed by atoms with Crippen LogP contribution >= 0.6 is 0 Å². The molecule has 8 heteroatoms.